The molecule has 0 unspecified atom stereocenters. The predicted octanol–water partition coefficient (Wildman–Crippen LogP) is 3.45. The molecule has 0 radical (unpaired) electrons. The van der Waals surface area contributed by atoms with Gasteiger partial charge in [-0.05, 0) is 29.8 Å². The molecule has 8 heteroatoms. The molecule has 146 valence electrons. The average Bonchev–Trinajstić information content (AvgIpc) is 3.02. The number of para-hydroxylation sites is 1. The van der Waals surface area contributed by atoms with Gasteiger partial charge >= 0.3 is 0 Å². The molecular weight excluding hydrogens is 392 g/mol. The van der Waals surface area contributed by atoms with Gasteiger partial charge in [0.2, 0.25) is 0 Å². The first-order valence-electron chi connectivity index (χ1n) is 9.27. The van der Waals surface area contributed by atoms with E-state index in [4.69, 9.17) is 21.1 Å². The van der Waals surface area contributed by atoms with E-state index < -0.39 is 0 Å². The number of ether oxygens (including phenoxy) is 2. The fourth-order valence-electron chi connectivity index (χ4n) is 3.39. The van der Waals surface area contributed by atoms with Gasteiger partial charge < -0.3 is 9.47 Å². The highest BCUT2D eigenvalue weighted by Gasteiger charge is 2.17. The van der Waals surface area contributed by atoms with Crippen LogP contribution in [0.4, 0.5) is 0 Å². The third kappa shape index (κ3) is 3.23. The molecule has 2 aromatic carbocycles. The van der Waals surface area contributed by atoms with Gasteiger partial charge in [-0.15, -0.1) is 0 Å². The van der Waals surface area contributed by atoms with Crippen LogP contribution in [0.3, 0.4) is 0 Å². The summed E-state index contributed by atoms with van der Waals surface area (Å²) in [6.45, 7) is 1.45. The minimum Gasteiger partial charge on any atom is -0.489 e. The molecule has 7 nitrogen and oxygen atoms in total. The second-order valence-corrected chi connectivity index (χ2v) is 7.17. The lowest BCUT2D eigenvalue weighted by Crippen LogP contribution is -2.21. The quantitative estimate of drug-likeness (QED) is 0.519. The fourth-order valence-corrected chi connectivity index (χ4v) is 3.68. The molecule has 4 aromatic rings. The van der Waals surface area contributed by atoms with Crippen molar-refractivity contribution in [2.45, 2.75) is 13.0 Å². The minimum atomic E-state index is -0.166. The summed E-state index contributed by atoms with van der Waals surface area (Å²) < 4.78 is 14.6. The molecule has 1 aliphatic rings. The zero-order chi connectivity index (χ0) is 19.8. The maximum atomic E-state index is 13.0. The number of fused-ring (bicyclic) bond motifs is 2. The van der Waals surface area contributed by atoms with Crippen LogP contribution in [0.5, 0.6) is 11.5 Å². The van der Waals surface area contributed by atoms with Crippen molar-refractivity contribution < 1.29 is 9.47 Å². The summed E-state index contributed by atoms with van der Waals surface area (Å²) in [4.78, 5) is 17.5. The average molecular weight is 409 g/mol. The molecule has 0 fully saturated rings. The second-order valence-electron chi connectivity index (χ2n) is 6.76. The van der Waals surface area contributed by atoms with E-state index in [2.05, 4.69) is 10.1 Å². The van der Waals surface area contributed by atoms with Crippen molar-refractivity contribution in [2.75, 3.05) is 13.2 Å². The lowest BCUT2D eigenvalue weighted by atomic mass is 10.2. The van der Waals surface area contributed by atoms with E-state index in [-0.39, 0.29) is 5.56 Å². The minimum absolute atomic E-state index is 0.166. The summed E-state index contributed by atoms with van der Waals surface area (Å²) in [5, 5.41) is 5.27. The van der Waals surface area contributed by atoms with Gasteiger partial charge in [-0.25, -0.2) is 9.67 Å². The molecule has 0 bridgehead atoms. The summed E-state index contributed by atoms with van der Waals surface area (Å²) in [6.07, 6.45) is 3.88. The first-order chi connectivity index (χ1) is 14.2. The SMILES string of the molecule is O=c1c2cnn(-c3ccccc3)c2ncn1Cc1cc(Cl)c2c(c1)OCCCO2. The summed E-state index contributed by atoms with van der Waals surface area (Å²) >= 11 is 6.37. The van der Waals surface area contributed by atoms with E-state index in [1.54, 1.807) is 16.9 Å². The van der Waals surface area contributed by atoms with Gasteiger partial charge in [-0.1, -0.05) is 29.8 Å². The lowest BCUT2D eigenvalue weighted by molar-refractivity contribution is 0.297. The normalized spacial score (nSPS) is 13.4. The van der Waals surface area contributed by atoms with Crippen LogP contribution >= 0.6 is 11.6 Å². The Morgan fingerprint density at radius 1 is 1.10 bits per heavy atom. The van der Waals surface area contributed by atoms with E-state index in [0.29, 0.717) is 47.3 Å². The fraction of sp³-hybridized carbons (Fsp3) is 0.190. The van der Waals surface area contributed by atoms with E-state index >= 15 is 0 Å². The van der Waals surface area contributed by atoms with Crippen molar-refractivity contribution >= 4 is 22.6 Å². The topological polar surface area (TPSA) is 71.2 Å². The molecule has 0 spiro atoms. The van der Waals surface area contributed by atoms with Crippen molar-refractivity contribution in [1.82, 2.24) is 19.3 Å². The van der Waals surface area contributed by atoms with Gasteiger partial charge in [-0.3, -0.25) is 9.36 Å². The number of nitrogens with zero attached hydrogens (tertiary/aromatic N) is 4. The van der Waals surface area contributed by atoms with E-state index in [1.165, 1.54) is 10.9 Å². The Morgan fingerprint density at radius 2 is 1.93 bits per heavy atom. The summed E-state index contributed by atoms with van der Waals surface area (Å²) in [7, 11) is 0. The maximum absolute atomic E-state index is 13.0. The van der Waals surface area contributed by atoms with Gasteiger partial charge in [-0.2, -0.15) is 5.10 Å². The molecule has 1 aliphatic heterocycles. The lowest BCUT2D eigenvalue weighted by Gasteiger charge is -2.12. The molecule has 5 rings (SSSR count). The highest BCUT2D eigenvalue weighted by molar-refractivity contribution is 6.32. The van der Waals surface area contributed by atoms with Crippen molar-refractivity contribution in [3.05, 3.63) is 75.9 Å². The van der Waals surface area contributed by atoms with Crippen LogP contribution in [0.1, 0.15) is 12.0 Å². The standard InChI is InChI=1S/C21H17ClN4O3/c22-17-9-14(10-18-19(17)29-8-4-7-28-18)12-25-13-23-20-16(21(25)27)11-24-26(20)15-5-2-1-3-6-15/h1-3,5-6,9-11,13H,4,7-8,12H2. The zero-order valence-corrected chi connectivity index (χ0v) is 16.2. The Labute approximate surface area is 171 Å². The molecule has 3 heterocycles. The number of hydrogen-bond acceptors (Lipinski definition) is 5. The van der Waals surface area contributed by atoms with Crippen molar-refractivity contribution in [3.63, 3.8) is 0 Å². The highest BCUT2D eigenvalue weighted by atomic mass is 35.5. The molecule has 0 amide bonds. The molecule has 0 saturated heterocycles. The third-order valence-electron chi connectivity index (χ3n) is 4.77. The van der Waals surface area contributed by atoms with Crippen LogP contribution in [0.25, 0.3) is 16.7 Å². The van der Waals surface area contributed by atoms with E-state index in [1.807, 2.05) is 36.4 Å². The van der Waals surface area contributed by atoms with Gasteiger partial charge in [0, 0.05) is 6.42 Å². The van der Waals surface area contributed by atoms with Crippen molar-refractivity contribution in [1.29, 1.82) is 0 Å². The van der Waals surface area contributed by atoms with Gasteiger partial charge in [0.15, 0.2) is 17.1 Å². The van der Waals surface area contributed by atoms with Crippen LogP contribution in [-0.4, -0.2) is 32.5 Å². The molecule has 0 saturated carbocycles. The summed E-state index contributed by atoms with van der Waals surface area (Å²) in [5.74, 6) is 1.15. The Hall–Kier alpha value is -3.32. The molecule has 2 aromatic heterocycles. The van der Waals surface area contributed by atoms with Crippen molar-refractivity contribution in [3.8, 4) is 17.2 Å². The van der Waals surface area contributed by atoms with E-state index in [0.717, 1.165) is 17.7 Å². The molecule has 0 N–H and O–H groups in total. The summed E-state index contributed by atoms with van der Waals surface area (Å²) in [5.41, 5.74) is 2.04. The van der Waals surface area contributed by atoms with Crippen molar-refractivity contribution in [2.24, 2.45) is 0 Å². The summed E-state index contributed by atoms with van der Waals surface area (Å²) in [6, 6.07) is 13.2. The zero-order valence-electron chi connectivity index (χ0n) is 15.4. The molecule has 0 aliphatic carbocycles. The largest absolute Gasteiger partial charge is 0.489 e. The number of aromatic nitrogens is 4. The van der Waals surface area contributed by atoms with Gasteiger partial charge in [0.25, 0.3) is 5.56 Å². The Bertz CT molecular complexity index is 1250. The van der Waals surface area contributed by atoms with Crippen LogP contribution in [0, 0.1) is 0 Å². The Balaban J connectivity index is 1.52. The monoisotopic (exact) mass is 408 g/mol. The number of benzene rings is 2. The second kappa shape index (κ2) is 7.25. The predicted molar refractivity (Wildman–Crippen MR) is 109 cm³/mol. The number of hydrogen-bond donors (Lipinski definition) is 0. The number of halogens is 1. The van der Waals surface area contributed by atoms with Gasteiger partial charge in [0.1, 0.15) is 11.7 Å². The first kappa shape index (κ1) is 17.8. The molecular formula is C21H17ClN4O3. The third-order valence-corrected chi connectivity index (χ3v) is 5.05. The molecule has 0 atom stereocenters. The van der Waals surface area contributed by atoms with Gasteiger partial charge in [0.05, 0.1) is 36.7 Å². The smallest absolute Gasteiger partial charge is 0.264 e. The van der Waals surface area contributed by atoms with Crippen LogP contribution in [0.15, 0.2) is 59.8 Å². The van der Waals surface area contributed by atoms with E-state index in [9.17, 15) is 4.79 Å². The maximum Gasteiger partial charge on any atom is 0.264 e. The highest BCUT2D eigenvalue weighted by Crippen LogP contribution is 2.38. The Kier molecular flexibility index (Phi) is 4.44. The van der Waals surface area contributed by atoms with Crippen LogP contribution < -0.4 is 15.0 Å². The van der Waals surface area contributed by atoms with Crippen LogP contribution in [0.2, 0.25) is 5.02 Å². The first-order valence-corrected chi connectivity index (χ1v) is 9.65. The Morgan fingerprint density at radius 3 is 2.79 bits per heavy atom. The molecule has 29 heavy (non-hydrogen) atoms. The number of rotatable bonds is 3. The van der Waals surface area contributed by atoms with Crippen LogP contribution in [-0.2, 0) is 6.54 Å².